The van der Waals surface area contributed by atoms with E-state index in [0.717, 1.165) is 57.4 Å². The summed E-state index contributed by atoms with van der Waals surface area (Å²) < 4.78 is 16.9. The molecule has 0 amide bonds. The maximum atomic E-state index is 12.2. The summed E-state index contributed by atoms with van der Waals surface area (Å²) in [5, 5.41) is 3.47. The van der Waals surface area contributed by atoms with Crippen molar-refractivity contribution in [3.05, 3.63) is 41.7 Å². The van der Waals surface area contributed by atoms with Crippen LogP contribution in [0.3, 0.4) is 0 Å². The van der Waals surface area contributed by atoms with Crippen LogP contribution in [0.5, 0.6) is 11.8 Å². The molecule has 1 unspecified atom stereocenters. The number of pyridine rings is 2. The fraction of sp³-hybridized carbons (Fsp3) is 0.633. The maximum Gasteiger partial charge on any atom is 0.306 e. The smallest absolute Gasteiger partial charge is 0.306 e. The highest BCUT2D eigenvalue weighted by molar-refractivity contribution is 5.70. The standard InChI is InChI=1S/C30H42N4O4/c1-3-37-30(35)17-25(22-4-5-22)24-8-13-32-29(16-24)38-20-21-9-14-34(15-10-21)27-18-28(36-2)33-19-26(27)23-6-11-31-12-7-23/h8,13,16,18-19,21-23,25,31H,3-7,9-12,14-15,17,20H2,1-2H3. The zero-order valence-electron chi connectivity index (χ0n) is 22.9. The van der Waals surface area contributed by atoms with Crippen LogP contribution in [0.1, 0.15) is 74.8 Å². The van der Waals surface area contributed by atoms with E-state index in [4.69, 9.17) is 14.2 Å². The summed E-state index contributed by atoms with van der Waals surface area (Å²) in [4.78, 5) is 23.7. The molecule has 0 spiro atoms. The Kier molecular flexibility index (Phi) is 8.99. The van der Waals surface area contributed by atoms with Crippen molar-refractivity contribution in [2.75, 3.05) is 51.4 Å². The Morgan fingerprint density at radius 3 is 2.58 bits per heavy atom. The molecule has 0 radical (unpaired) electrons. The first-order valence-corrected chi connectivity index (χ1v) is 14.4. The number of rotatable bonds is 11. The molecule has 1 atom stereocenters. The summed E-state index contributed by atoms with van der Waals surface area (Å²) in [6, 6.07) is 6.18. The molecule has 0 aromatic carbocycles. The second-order valence-electron chi connectivity index (χ2n) is 10.9. The van der Waals surface area contributed by atoms with Crippen LogP contribution in [-0.4, -0.2) is 62.4 Å². The fourth-order valence-electron chi connectivity index (χ4n) is 6.00. The van der Waals surface area contributed by atoms with Gasteiger partial charge >= 0.3 is 5.97 Å². The highest BCUT2D eigenvalue weighted by Crippen LogP contribution is 2.45. The number of hydrogen-bond donors (Lipinski definition) is 1. The first kappa shape index (κ1) is 26.7. The Hall–Kier alpha value is -2.87. The van der Waals surface area contributed by atoms with E-state index in [-0.39, 0.29) is 11.9 Å². The van der Waals surface area contributed by atoms with Crippen LogP contribution in [-0.2, 0) is 9.53 Å². The molecule has 3 fully saturated rings. The summed E-state index contributed by atoms with van der Waals surface area (Å²) in [6.45, 7) is 7.06. The van der Waals surface area contributed by atoms with Crippen LogP contribution < -0.4 is 19.7 Å². The Balaban J connectivity index is 1.17. The summed E-state index contributed by atoms with van der Waals surface area (Å²) in [7, 11) is 1.69. The largest absolute Gasteiger partial charge is 0.481 e. The van der Waals surface area contributed by atoms with Crippen LogP contribution in [0.25, 0.3) is 0 Å². The van der Waals surface area contributed by atoms with Crippen molar-refractivity contribution in [1.29, 1.82) is 0 Å². The van der Waals surface area contributed by atoms with Crippen LogP contribution in [0, 0.1) is 11.8 Å². The first-order chi connectivity index (χ1) is 18.6. The van der Waals surface area contributed by atoms with Gasteiger partial charge in [-0.15, -0.1) is 0 Å². The Bertz CT molecular complexity index is 1060. The molecule has 4 heterocycles. The van der Waals surface area contributed by atoms with Crippen LogP contribution >= 0.6 is 0 Å². The Morgan fingerprint density at radius 2 is 1.87 bits per heavy atom. The van der Waals surface area contributed by atoms with Crippen LogP contribution in [0.15, 0.2) is 30.6 Å². The topological polar surface area (TPSA) is 85.8 Å². The number of ether oxygens (including phenoxy) is 3. The highest BCUT2D eigenvalue weighted by Gasteiger charge is 2.34. The lowest BCUT2D eigenvalue weighted by atomic mass is 9.89. The van der Waals surface area contributed by atoms with E-state index in [2.05, 4.69) is 26.3 Å². The summed E-state index contributed by atoms with van der Waals surface area (Å²) in [5.74, 6) is 3.00. The van der Waals surface area contributed by atoms with E-state index in [1.54, 1.807) is 7.11 Å². The average Bonchev–Trinajstić information content (AvgIpc) is 3.81. The molecule has 2 aliphatic heterocycles. The molecule has 2 aromatic heterocycles. The number of aromatic nitrogens is 2. The Labute approximate surface area is 226 Å². The molecular weight excluding hydrogens is 480 g/mol. The number of nitrogens with zero attached hydrogens (tertiary/aromatic N) is 3. The van der Waals surface area contributed by atoms with Gasteiger partial charge in [0.2, 0.25) is 11.8 Å². The molecule has 3 aliphatic rings. The first-order valence-electron chi connectivity index (χ1n) is 14.4. The molecule has 2 aromatic rings. The molecule has 1 N–H and O–H groups in total. The molecule has 0 bridgehead atoms. The van der Waals surface area contributed by atoms with E-state index in [1.165, 1.54) is 24.1 Å². The van der Waals surface area contributed by atoms with Crippen molar-refractivity contribution in [3.8, 4) is 11.8 Å². The van der Waals surface area contributed by atoms with Crippen LogP contribution in [0.4, 0.5) is 5.69 Å². The fourth-order valence-corrected chi connectivity index (χ4v) is 6.00. The number of esters is 1. The second-order valence-corrected chi connectivity index (χ2v) is 10.9. The SMILES string of the molecule is CCOC(=O)CC(c1ccnc(OCC2CCN(c3cc(OC)ncc3C3CCNCC3)CC2)c1)C1CC1. The lowest BCUT2D eigenvalue weighted by molar-refractivity contribution is -0.143. The lowest BCUT2D eigenvalue weighted by Crippen LogP contribution is -2.37. The maximum absolute atomic E-state index is 12.2. The molecule has 8 heteroatoms. The number of carbonyl (C=O) groups excluding carboxylic acids is 1. The quantitative estimate of drug-likeness (QED) is 0.425. The van der Waals surface area contributed by atoms with E-state index < -0.39 is 0 Å². The van der Waals surface area contributed by atoms with E-state index in [9.17, 15) is 4.79 Å². The minimum Gasteiger partial charge on any atom is -0.481 e. The summed E-state index contributed by atoms with van der Waals surface area (Å²) in [6.07, 6.45) is 11.1. The molecule has 1 aliphatic carbocycles. The van der Waals surface area contributed by atoms with Crippen molar-refractivity contribution in [2.24, 2.45) is 11.8 Å². The average molecular weight is 523 g/mol. The van der Waals surface area contributed by atoms with Crippen molar-refractivity contribution in [3.63, 3.8) is 0 Å². The second kappa shape index (κ2) is 12.8. The van der Waals surface area contributed by atoms with Gasteiger partial charge in [0.15, 0.2) is 0 Å². The molecular formula is C30H42N4O4. The molecule has 8 nitrogen and oxygen atoms in total. The predicted molar refractivity (Wildman–Crippen MR) is 147 cm³/mol. The highest BCUT2D eigenvalue weighted by atomic mass is 16.5. The zero-order chi connectivity index (χ0) is 26.3. The van der Waals surface area contributed by atoms with Gasteiger partial charge < -0.3 is 24.4 Å². The number of anilines is 1. The van der Waals surface area contributed by atoms with Gasteiger partial charge in [0.1, 0.15) is 0 Å². The summed E-state index contributed by atoms with van der Waals surface area (Å²) in [5.41, 5.74) is 3.78. The number of methoxy groups -OCH3 is 1. The normalized spacial score (nSPS) is 19.7. The van der Waals surface area contributed by atoms with Gasteiger partial charge in [-0.1, -0.05) is 0 Å². The van der Waals surface area contributed by atoms with Gasteiger partial charge in [-0.25, -0.2) is 9.97 Å². The third kappa shape index (κ3) is 6.76. The van der Waals surface area contributed by atoms with Crippen molar-refractivity contribution in [1.82, 2.24) is 15.3 Å². The van der Waals surface area contributed by atoms with Gasteiger partial charge in [0, 0.05) is 43.3 Å². The Morgan fingerprint density at radius 1 is 1.08 bits per heavy atom. The number of hydrogen-bond acceptors (Lipinski definition) is 8. The number of carbonyl (C=O) groups is 1. The minimum atomic E-state index is -0.120. The van der Waals surface area contributed by atoms with Crippen molar-refractivity contribution in [2.45, 2.75) is 63.7 Å². The van der Waals surface area contributed by atoms with E-state index in [1.807, 2.05) is 31.5 Å². The van der Waals surface area contributed by atoms with Crippen LogP contribution in [0.2, 0.25) is 0 Å². The molecule has 1 saturated carbocycles. The molecule has 38 heavy (non-hydrogen) atoms. The van der Waals surface area contributed by atoms with Gasteiger partial charge in [0.05, 0.1) is 26.7 Å². The van der Waals surface area contributed by atoms with Gasteiger partial charge in [0.25, 0.3) is 0 Å². The summed E-state index contributed by atoms with van der Waals surface area (Å²) >= 11 is 0. The van der Waals surface area contributed by atoms with Crippen molar-refractivity contribution < 1.29 is 19.0 Å². The third-order valence-corrected chi connectivity index (χ3v) is 8.37. The van der Waals surface area contributed by atoms with E-state index in [0.29, 0.717) is 49.1 Å². The number of piperidine rings is 2. The van der Waals surface area contributed by atoms with Gasteiger partial charge in [-0.05, 0) is 99.4 Å². The minimum absolute atomic E-state index is 0.120. The van der Waals surface area contributed by atoms with Crippen molar-refractivity contribution >= 4 is 11.7 Å². The predicted octanol–water partition coefficient (Wildman–Crippen LogP) is 4.69. The zero-order valence-corrected chi connectivity index (χ0v) is 22.9. The van der Waals surface area contributed by atoms with E-state index >= 15 is 0 Å². The molecule has 206 valence electrons. The van der Waals surface area contributed by atoms with Gasteiger partial charge in [-0.2, -0.15) is 0 Å². The lowest BCUT2D eigenvalue weighted by Gasteiger charge is -2.36. The van der Waals surface area contributed by atoms with Gasteiger partial charge in [-0.3, -0.25) is 4.79 Å². The molecule has 2 saturated heterocycles. The monoisotopic (exact) mass is 522 g/mol. The molecule has 5 rings (SSSR count). The number of nitrogens with one attached hydrogen (secondary N) is 1. The third-order valence-electron chi connectivity index (χ3n) is 8.37.